The van der Waals surface area contributed by atoms with E-state index in [-0.39, 0.29) is 44.7 Å². The lowest BCUT2D eigenvalue weighted by Crippen LogP contribution is -2.58. The fourth-order valence-electron chi connectivity index (χ4n) is 4.17. The molecule has 2 rings (SSSR count). The number of ether oxygens (including phenoxy) is 2. The predicted octanol–water partition coefficient (Wildman–Crippen LogP) is 2.56. The third-order valence-corrected chi connectivity index (χ3v) is 6.01. The molecule has 0 spiro atoms. The fourth-order valence-corrected chi connectivity index (χ4v) is 4.17. The summed E-state index contributed by atoms with van der Waals surface area (Å²) >= 11 is 0. The number of likely N-dealkylation sites (tertiary alicyclic amines) is 2. The molecule has 0 bridgehead atoms. The Balaban J connectivity index is 2.19. The molecule has 2 fully saturated rings. The van der Waals surface area contributed by atoms with Gasteiger partial charge in [0, 0.05) is 31.6 Å². The van der Waals surface area contributed by atoms with Crippen molar-refractivity contribution in [3.05, 3.63) is 0 Å². The molecule has 2 saturated heterocycles. The van der Waals surface area contributed by atoms with Crippen LogP contribution in [0.5, 0.6) is 0 Å². The van der Waals surface area contributed by atoms with E-state index in [1.807, 2.05) is 6.92 Å². The van der Waals surface area contributed by atoms with Crippen LogP contribution < -0.4 is 0 Å². The minimum Gasteiger partial charge on any atom is -0.465 e. The van der Waals surface area contributed by atoms with Crippen molar-refractivity contribution in [3.63, 3.8) is 0 Å². The molecule has 1 unspecified atom stereocenters. The molecule has 2 heterocycles. The number of hydrogen-bond acceptors (Lipinski definition) is 6. The zero-order valence-corrected chi connectivity index (χ0v) is 19.9. The van der Waals surface area contributed by atoms with E-state index in [9.17, 15) is 24.3 Å². The van der Waals surface area contributed by atoms with E-state index < -0.39 is 29.2 Å². The van der Waals surface area contributed by atoms with Crippen molar-refractivity contribution in [1.29, 1.82) is 0 Å². The number of carbonyl (C=O) groups excluding carboxylic acids is 3. The minimum absolute atomic E-state index is 0.197. The standard InChI is InChI=1S/C22H37N3O7/c1-6-31-17(26)15-25(18(27)22(5)9-12-23(13-10-22)19(28)29)16-8-7-11-24(14-16)20(30)32-21(2,3)4/h16H,6-15H2,1-5H3,(H,28,29). The lowest BCUT2D eigenvalue weighted by molar-refractivity contribution is -0.157. The summed E-state index contributed by atoms with van der Waals surface area (Å²) in [5, 5.41) is 9.22. The average Bonchev–Trinajstić information content (AvgIpc) is 2.71. The quantitative estimate of drug-likeness (QED) is 0.633. The van der Waals surface area contributed by atoms with E-state index in [1.54, 1.807) is 32.6 Å². The van der Waals surface area contributed by atoms with Crippen LogP contribution in [0.3, 0.4) is 0 Å². The molecule has 3 amide bonds. The first-order chi connectivity index (χ1) is 14.9. The Labute approximate surface area is 189 Å². The van der Waals surface area contributed by atoms with Gasteiger partial charge in [0.15, 0.2) is 0 Å². The van der Waals surface area contributed by atoms with Crippen LogP contribution in [-0.4, -0.2) is 94.8 Å². The Morgan fingerprint density at radius 2 is 1.72 bits per heavy atom. The summed E-state index contributed by atoms with van der Waals surface area (Å²) in [6.45, 7) is 10.3. The van der Waals surface area contributed by atoms with Crippen LogP contribution in [0.15, 0.2) is 0 Å². The molecule has 2 aliphatic rings. The van der Waals surface area contributed by atoms with Crippen LogP contribution >= 0.6 is 0 Å². The topological polar surface area (TPSA) is 117 Å². The Morgan fingerprint density at radius 1 is 1.09 bits per heavy atom. The second-order valence-corrected chi connectivity index (χ2v) is 9.79. The number of carbonyl (C=O) groups is 4. The molecular formula is C22H37N3O7. The van der Waals surface area contributed by atoms with E-state index in [0.29, 0.717) is 32.2 Å². The highest BCUT2D eigenvalue weighted by Gasteiger charge is 2.44. The number of carboxylic acid groups (broad SMARTS) is 1. The molecule has 10 heteroatoms. The van der Waals surface area contributed by atoms with Crippen molar-refractivity contribution < 1.29 is 33.8 Å². The molecule has 2 aliphatic heterocycles. The molecule has 1 atom stereocenters. The smallest absolute Gasteiger partial charge is 0.410 e. The number of rotatable bonds is 5. The Kier molecular flexibility index (Phi) is 8.36. The SMILES string of the molecule is CCOC(=O)CN(C(=O)C1(C)CCN(C(=O)O)CC1)C1CCCN(C(=O)OC(C)(C)C)C1. The molecule has 182 valence electrons. The maximum Gasteiger partial charge on any atom is 0.410 e. The van der Waals surface area contributed by atoms with Crippen LogP contribution in [0, 0.1) is 5.41 Å². The third-order valence-electron chi connectivity index (χ3n) is 6.01. The number of esters is 1. The molecule has 0 saturated carbocycles. The lowest BCUT2D eigenvalue weighted by atomic mass is 9.78. The molecule has 0 aliphatic carbocycles. The van der Waals surface area contributed by atoms with Crippen LogP contribution in [0.4, 0.5) is 9.59 Å². The van der Waals surface area contributed by atoms with E-state index >= 15 is 0 Å². The Bertz CT molecular complexity index is 711. The minimum atomic E-state index is -0.997. The largest absolute Gasteiger partial charge is 0.465 e. The van der Waals surface area contributed by atoms with Gasteiger partial charge in [-0.25, -0.2) is 9.59 Å². The predicted molar refractivity (Wildman–Crippen MR) is 116 cm³/mol. The summed E-state index contributed by atoms with van der Waals surface area (Å²) in [7, 11) is 0. The van der Waals surface area contributed by atoms with Crippen molar-refractivity contribution in [1.82, 2.24) is 14.7 Å². The monoisotopic (exact) mass is 455 g/mol. The molecular weight excluding hydrogens is 418 g/mol. The van der Waals surface area contributed by atoms with Gasteiger partial charge in [-0.05, 0) is 53.4 Å². The van der Waals surface area contributed by atoms with Gasteiger partial charge in [0.25, 0.3) is 0 Å². The van der Waals surface area contributed by atoms with Gasteiger partial charge >= 0.3 is 18.2 Å². The van der Waals surface area contributed by atoms with Crippen molar-refractivity contribution in [2.24, 2.45) is 5.41 Å². The van der Waals surface area contributed by atoms with Gasteiger partial charge in [-0.3, -0.25) is 9.59 Å². The van der Waals surface area contributed by atoms with Gasteiger partial charge in [0.05, 0.1) is 12.6 Å². The second-order valence-electron chi connectivity index (χ2n) is 9.79. The third kappa shape index (κ3) is 6.74. The van der Waals surface area contributed by atoms with Gasteiger partial charge in [-0.15, -0.1) is 0 Å². The molecule has 1 N–H and O–H groups in total. The van der Waals surface area contributed by atoms with Crippen LogP contribution in [0.1, 0.15) is 60.3 Å². The molecule has 0 radical (unpaired) electrons. The molecule has 0 aromatic heterocycles. The molecule has 0 aromatic rings. The maximum absolute atomic E-state index is 13.7. The summed E-state index contributed by atoms with van der Waals surface area (Å²) in [5.41, 5.74) is -1.41. The summed E-state index contributed by atoms with van der Waals surface area (Å²) in [6.07, 6.45) is 0.650. The van der Waals surface area contributed by atoms with Crippen molar-refractivity contribution >= 4 is 24.1 Å². The average molecular weight is 456 g/mol. The first-order valence-corrected chi connectivity index (χ1v) is 11.3. The lowest BCUT2D eigenvalue weighted by Gasteiger charge is -2.44. The van der Waals surface area contributed by atoms with Crippen LogP contribution in [-0.2, 0) is 19.1 Å². The van der Waals surface area contributed by atoms with E-state index in [0.717, 1.165) is 0 Å². The number of nitrogens with zero attached hydrogens (tertiary/aromatic N) is 3. The number of hydrogen-bond donors (Lipinski definition) is 1. The first-order valence-electron chi connectivity index (χ1n) is 11.3. The van der Waals surface area contributed by atoms with Crippen molar-refractivity contribution in [2.75, 3.05) is 39.3 Å². The molecule has 0 aromatic carbocycles. The first kappa shape index (κ1) is 25.7. The number of amides is 3. The highest BCUT2D eigenvalue weighted by Crippen LogP contribution is 2.34. The van der Waals surface area contributed by atoms with E-state index in [2.05, 4.69) is 0 Å². The van der Waals surface area contributed by atoms with Crippen LogP contribution in [0.2, 0.25) is 0 Å². The van der Waals surface area contributed by atoms with E-state index in [4.69, 9.17) is 9.47 Å². The van der Waals surface area contributed by atoms with Gasteiger partial charge in [-0.2, -0.15) is 0 Å². The van der Waals surface area contributed by atoms with Gasteiger partial charge in [-0.1, -0.05) is 6.92 Å². The van der Waals surface area contributed by atoms with Gasteiger partial charge in [0.2, 0.25) is 5.91 Å². The van der Waals surface area contributed by atoms with Gasteiger partial charge < -0.3 is 29.3 Å². The van der Waals surface area contributed by atoms with E-state index in [1.165, 1.54) is 9.80 Å². The maximum atomic E-state index is 13.7. The van der Waals surface area contributed by atoms with Crippen LogP contribution in [0.25, 0.3) is 0 Å². The van der Waals surface area contributed by atoms with Crippen molar-refractivity contribution in [3.8, 4) is 0 Å². The molecule has 32 heavy (non-hydrogen) atoms. The summed E-state index contributed by atoms with van der Waals surface area (Å²) in [6, 6.07) is -0.345. The van der Waals surface area contributed by atoms with Gasteiger partial charge in [0.1, 0.15) is 12.1 Å². The summed E-state index contributed by atoms with van der Waals surface area (Å²) in [4.78, 5) is 54.2. The Morgan fingerprint density at radius 3 is 2.25 bits per heavy atom. The molecule has 10 nitrogen and oxygen atoms in total. The highest BCUT2D eigenvalue weighted by molar-refractivity contribution is 5.87. The second kappa shape index (κ2) is 10.4. The van der Waals surface area contributed by atoms with Crippen molar-refractivity contribution in [2.45, 2.75) is 71.9 Å². The highest BCUT2D eigenvalue weighted by atomic mass is 16.6. The summed E-state index contributed by atoms with van der Waals surface area (Å²) in [5.74, 6) is -0.701. The number of piperidine rings is 2. The zero-order chi connectivity index (χ0) is 24.1. The normalized spacial score (nSPS) is 21.0. The summed E-state index contributed by atoms with van der Waals surface area (Å²) < 4.78 is 10.6. The Hall–Kier alpha value is -2.52. The fraction of sp³-hybridized carbons (Fsp3) is 0.818. The zero-order valence-electron chi connectivity index (χ0n) is 19.9.